The lowest BCUT2D eigenvalue weighted by atomic mass is 10.1. The van der Waals surface area contributed by atoms with Crippen LogP contribution in [0.1, 0.15) is 37.5 Å². The maximum atomic E-state index is 8.87. The van der Waals surface area contributed by atoms with Gasteiger partial charge in [0, 0.05) is 23.5 Å². The molecule has 16 heavy (non-hydrogen) atoms. The van der Waals surface area contributed by atoms with Crippen molar-refractivity contribution in [3.63, 3.8) is 0 Å². The summed E-state index contributed by atoms with van der Waals surface area (Å²) in [5.74, 6) is 0. The van der Waals surface area contributed by atoms with E-state index < -0.39 is 0 Å². The van der Waals surface area contributed by atoms with Crippen LogP contribution in [0.15, 0.2) is 17.5 Å². The first-order chi connectivity index (χ1) is 7.85. The number of rotatable bonds is 6. The van der Waals surface area contributed by atoms with Crippen LogP contribution >= 0.6 is 11.3 Å². The molecule has 1 aromatic rings. The molecular weight excluding hydrogens is 216 g/mol. The largest absolute Gasteiger partial charge is 0.291 e. The van der Waals surface area contributed by atoms with Crippen LogP contribution in [0, 0.1) is 11.3 Å². The van der Waals surface area contributed by atoms with E-state index in [1.165, 1.54) is 17.7 Å². The van der Waals surface area contributed by atoms with E-state index in [9.17, 15) is 0 Å². The van der Waals surface area contributed by atoms with Crippen molar-refractivity contribution in [2.75, 3.05) is 0 Å². The van der Waals surface area contributed by atoms with E-state index in [1.54, 1.807) is 0 Å². The molecule has 1 atom stereocenters. The van der Waals surface area contributed by atoms with Crippen molar-refractivity contribution in [3.05, 3.63) is 22.4 Å². The van der Waals surface area contributed by atoms with E-state index >= 15 is 0 Å². The van der Waals surface area contributed by atoms with E-state index in [-0.39, 0.29) is 0 Å². The lowest BCUT2D eigenvalue weighted by molar-refractivity contribution is 0.175. The molecule has 1 heterocycles. The third-order valence-corrected chi connectivity index (χ3v) is 4.06. The maximum Gasteiger partial charge on any atom is 0.0638 e. The zero-order chi connectivity index (χ0) is 11.4. The summed E-state index contributed by atoms with van der Waals surface area (Å²) < 4.78 is 0. The van der Waals surface area contributed by atoms with Gasteiger partial charge in [0.1, 0.15) is 0 Å². The van der Waals surface area contributed by atoms with Gasteiger partial charge in [0.2, 0.25) is 0 Å². The predicted molar refractivity (Wildman–Crippen MR) is 67.2 cm³/mol. The van der Waals surface area contributed by atoms with E-state index in [2.05, 4.69) is 35.4 Å². The molecule has 0 amide bonds. The van der Waals surface area contributed by atoms with Gasteiger partial charge in [-0.2, -0.15) is 5.26 Å². The summed E-state index contributed by atoms with van der Waals surface area (Å²) in [6, 6.07) is 7.80. The second-order valence-corrected chi connectivity index (χ2v) is 5.44. The highest BCUT2D eigenvalue weighted by molar-refractivity contribution is 7.09. The van der Waals surface area contributed by atoms with Crippen LogP contribution in [0.4, 0.5) is 0 Å². The zero-order valence-electron chi connectivity index (χ0n) is 9.72. The molecule has 2 nitrogen and oxygen atoms in total. The Bertz CT molecular complexity index is 349. The number of thiophene rings is 1. The van der Waals surface area contributed by atoms with Gasteiger partial charge >= 0.3 is 0 Å². The second kappa shape index (κ2) is 5.47. The van der Waals surface area contributed by atoms with Gasteiger partial charge in [0.15, 0.2) is 0 Å². The molecule has 0 N–H and O–H groups in total. The van der Waals surface area contributed by atoms with Crippen molar-refractivity contribution in [1.82, 2.24) is 4.90 Å². The number of nitriles is 1. The van der Waals surface area contributed by atoms with Gasteiger partial charge in [-0.05, 0) is 30.7 Å². The normalized spacial score (nSPS) is 17.3. The topological polar surface area (TPSA) is 27.0 Å². The summed E-state index contributed by atoms with van der Waals surface area (Å²) in [7, 11) is 0. The Labute approximate surface area is 102 Å². The van der Waals surface area contributed by atoms with E-state index in [0.717, 1.165) is 19.0 Å². The Morgan fingerprint density at radius 3 is 2.94 bits per heavy atom. The van der Waals surface area contributed by atoms with Crippen LogP contribution in [0.3, 0.4) is 0 Å². The Morgan fingerprint density at radius 1 is 1.62 bits per heavy atom. The van der Waals surface area contributed by atoms with Crippen LogP contribution in [0.5, 0.6) is 0 Å². The standard InChI is InChI=1S/C13H18N2S/c1-2-11(7-8-14)15(12-5-6-12)10-13-4-3-9-16-13/h3-4,9,11-12H,2,5-7,10H2,1H3. The minimum atomic E-state index is 0.444. The molecule has 86 valence electrons. The van der Waals surface area contributed by atoms with Crippen LogP contribution in [-0.4, -0.2) is 17.0 Å². The molecule has 1 fully saturated rings. The summed E-state index contributed by atoms with van der Waals surface area (Å²) in [5, 5.41) is 11.0. The highest BCUT2D eigenvalue weighted by atomic mass is 32.1. The van der Waals surface area contributed by atoms with Gasteiger partial charge in [-0.15, -0.1) is 11.3 Å². The molecular formula is C13H18N2S. The molecule has 0 saturated heterocycles. The van der Waals surface area contributed by atoms with Crippen molar-refractivity contribution >= 4 is 11.3 Å². The molecule has 2 rings (SSSR count). The van der Waals surface area contributed by atoms with Crippen LogP contribution < -0.4 is 0 Å². The SMILES string of the molecule is CCC(CC#N)N(Cc1cccs1)C1CC1. The highest BCUT2D eigenvalue weighted by Crippen LogP contribution is 2.32. The summed E-state index contributed by atoms with van der Waals surface area (Å²) in [6.07, 6.45) is 4.37. The lowest BCUT2D eigenvalue weighted by Gasteiger charge is -2.29. The molecule has 0 aliphatic heterocycles. The Balaban J connectivity index is 2.01. The Kier molecular flexibility index (Phi) is 3.98. The molecule has 1 aromatic heterocycles. The molecule has 1 aliphatic rings. The highest BCUT2D eigenvalue weighted by Gasteiger charge is 2.33. The van der Waals surface area contributed by atoms with Crippen molar-refractivity contribution in [3.8, 4) is 6.07 Å². The first kappa shape index (κ1) is 11.6. The summed E-state index contributed by atoms with van der Waals surface area (Å²) >= 11 is 1.82. The number of nitrogens with zero attached hydrogens (tertiary/aromatic N) is 2. The molecule has 0 aromatic carbocycles. The fraction of sp³-hybridized carbons (Fsp3) is 0.615. The first-order valence-electron chi connectivity index (χ1n) is 6.00. The molecule has 0 bridgehead atoms. The van der Waals surface area contributed by atoms with Crippen molar-refractivity contribution < 1.29 is 0 Å². The van der Waals surface area contributed by atoms with Crippen LogP contribution in [0.2, 0.25) is 0 Å². The van der Waals surface area contributed by atoms with Gasteiger partial charge < -0.3 is 0 Å². The number of hydrogen-bond donors (Lipinski definition) is 0. The van der Waals surface area contributed by atoms with Gasteiger partial charge in [0.25, 0.3) is 0 Å². The van der Waals surface area contributed by atoms with Crippen molar-refractivity contribution in [2.24, 2.45) is 0 Å². The third kappa shape index (κ3) is 2.84. The quantitative estimate of drug-likeness (QED) is 0.754. The molecule has 1 saturated carbocycles. The van der Waals surface area contributed by atoms with Gasteiger partial charge in [-0.3, -0.25) is 4.90 Å². The van der Waals surface area contributed by atoms with Crippen molar-refractivity contribution in [1.29, 1.82) is 5.26 Å². The van der Waals surface area contributed by atoms with Crippen LogP contribution in [-0.2, 0) is 6.54 Å². The fourth-order valence-electron chi connectivity index (χ4n) is 2.15. The van der Waals surface area contributed by atoms with E-state index in [4.69, 9.17) is 5.26 Å². The van der Waals surface area contributed by atoms with E-state index in [1.807, 2.05) is 11.3 Å². The molecule has 0 radical (unpaired) electrons. The minimum absolute atomic E-state index is 0.444. The lowest BCUT2D eigenvalue weighted by Crippen LogP contribution is -2.35. The average Bonchev–Trinajstić information content (AvgIpc) is 3.01. The minimum Gasteiger partial charge on any atom is -0.291 e. The first-order valence-corrected chi connectivity index (χ1v) is 6.88. The second-order valence-electron chi connectivity index (χ2n) is 4.41. The summed E-state index contributed by atoms with van der Waals surface area (Å²) in [4.78, 5) is 3.96. The fourth-order valence-corrected chi connectivity index (χ4v) is 2.86. The molecule has 3 heteroatoms. The van der Waals surface area contributed by atoms with Gasteiger partial charge in [0.05, 0.1) is 12.5 Å². The molecule has 1 aliphatic carbocycles. The molecule has 0 spiro atoms. The monoisotopic (exact) mass is 234 g/mol. The Morgan fingerprint density at radius 2 is 2.44 bits per heavy atom. The average molecular weight is 234 g/mol. The van der Waals surface area contributed by atoms with Crippen molar-refractivity contribution in [2.45, 2.75) is 51.2 Å². The summed E-state index contributed by atoms with van der Waals surface area (Å²) in [6.45, 7) is 3.22. The molecule has 1 unspecified atom stereocenters. The predicted octanol–water partition coefficient (Wildman–Crippen LogP) is 3.40. The smallest absolute Gasteiger partial charge is 0.0638 e. The third-order valence-electron chi connectivity index (χ3n) is 3.20. The Hall–Kier alpha value is -0.850. The van der Waals surface area contributed by atoms with E-state index in [0.29, 0.717) is 12.5 Å². The van der Waals surface area contributed by atoms with Crippen LogP contribution in [0.25, 0.3) is 0 Å². The van der Waals surface area contributed by atoms with Gasteiger partial charge in [-0.25, -0.2) is 0 Å². The maximum absolute atomic E-state index is 8.87. The zero-order valence-corrected chi connectivity index (χ0v) is 10.5. The summed E-state index contributed by atoms with van der Waals surface area (Å²) in [5.41, 5.74) is 0. The number of hydrogen-bond acceptors (Lipinski definition) is 3. The van der Waals surface area contributed by atoms with Gasteiger partial charge in [-0.1, -0.05) is 13.0 Å².